The average molecular weight is 408 g/mol. The Bertz CT molecular complexity index is 855. The van der Waals surface area contributed by atoms with Crippen LogP contribution >= 0.6 is 34.8 Å². The number of carbonyl (C=O) groups is 1. The number of hydrogen-bond acceptors (Lipinski definition) is 3. The van der Waals surface area contributed by atoms with Gasteiger partial charge in [0.25, 0.3) is 0 Å². The summed E-state index contributed by atoms with van der Waals surface area (Å²) in [5.41, 5.74) is 0.409. The van der Waals surface area contributed by atoms with Gasteiger partial charge in [-0.05, 0) is 49.4 Å². The molecule has 2 rings (SSSR count). The van der Waals surface area contributed by atoms with E-state index in [1.54, 1.807) is 6.07 Å². The summed E-state index contributed by atoms with van der Waals surface area (Å²) in [6.45, 7) is 1.43. The SMILES string of the molecule is CC(NS(=O)(=O)c1ccc(Cl)cc1)C(=O)Nc1ccc(Cl)c(Cl)c1. The Labute approximate surface area is 155 Å². The van der Waals surface area contributed by atoms with Crippen LogP contribution in [0.2, 0.25) is 15.1 Å². The molecule has 2 aromatic carbocycles. The van der Waals surface area contributed by atoms with Crippen molar-refractivity contribution in [1.82, 2.24) is 4.72 Å². The lowest BCUT2D eigenvalue weighted by molar-refractivity contribution is -0.117. The Kier molecular flexibility index (Phi) is 6.11. The average Bonchev–Trinajstić information content (AvgIpc) is 2.51. The third-order valence-electron chi connectivity index (χ3n) is 3.04. The maximum Gasteiger partial charge on any atom is 0.242 e. The summed E-state index contributed by atoms with van der Waals surface area (Å²) in [5.74, 6) is -0.536. The van der Waals surface area contributed by atoms with Crippen LogP contribution in [0, 0.1) is 0 Å². The van der Waals surface area contributed by atoms with Crippen molar-refractivity contribution in [3.63, 3.8) is 0 Å². The van der Waals surface area contributed by atoms with Crippen LogP contribution in [0.4, 0.5) is 5.69 Å². The van der Waals surface area contributed by atoms with Gasteiger partial charge in [-0.25, -0.2) is 8.42 Å². The Hall–Kier alpha value is -1.31. The minimum absolute atomic E-state index is 0.0149. The predicted octanol–water partition coefficient (Wildman–Crippen LogP) is 3.95. The second-order valence-electron chi connectivity index (χ2n) is 4.92. The van der Waals surface area contributed by atoms with E-state index in [1.807, 2.05) is 0 Å². The largest absolute Gasteiger partial charge is 0.325 e. The maximum atomic E-state index is 12.2. The molecule has 0 saturated heterocycles. The number of benzene rings is 2. The monoisotopic (exact) mass is 406 g/mol. The highest BCUT2D eigenvalue weighted by Crippen LogP contribution is 2.25. The van der Waals surface area contributed by atoms with Gasteiger partial charge in [0.15, 0.2) is 0 Å². The lowest BCUT2D eigenvalue weighted by Crippen LogP contribution is -2.41. The van der Waals surface area contributed by atoms with Gasteiger partial charge in [0.05, 0.1) is 21.0 Å². The molecule has 5 nitrogen and oxygen atoms in total. The van der Waals surface area contributed by atoms with Gasteiger partial charge in [-0.3, -0.25) is 4.79 Å². The molecule has 0 aliphatic rings. The van der Waals surface area contributed by atoms with E-state index in [-0.39, 0.29) is 9.92 Å². The third-order valence-corrected chi connectivity index (χ3v) is 5.58. The second kappa shape index (κ2) is 7.72. The fourth-order valence-corrected chi connectivity index (χ4v) is 3.42. The molecular formula is C15H13Cl3N2O3S. The van der Waals surface area contributed by atoms with E-state index in [4.69, 9.17) is 34.8 Å². The predicted molar refractivity (Wildman–Crippen MR) is 96.3 cm³/mol. The van der Waals surface area contributed by atoms with E-state index >= 15 is 0 Å². The van der Waals surface area contributed by atoms with Gasteiger partial charge in [0.2, 0.25) is 15.9 Å². The van der Waals surface area contributed by atoms with Crippen molar-refractivity contribution in [2.45, 2.75) is 17.9 Å². The third kappa shape index (κ3) is 4.84. The molecule has 0 radical (unpaired) electrons. The number of sulfonamides is 1. The van der Waals surface area contributed by atoms with Gasteiger partial charge in [-0.1, -0.05) is 34.8 Å². The molecule has 2 N–H and O–H groups in total. The molecule has 0 heterocycles. The van der Waals surface area contributed by atoms with E-state index in [2.05, 4.69) is 10.0 Å². The Morgan fingerprint density at radius 3 is 2.21 bits per heavy atom. The zero-order valence-electron chi connectivity index (χ0n) is 12.4. The quantitative estimate of drug-likeness (QED) is 0.788. The summed E-state index contributed by atoms with van der Waals surface area (Å²) in [4.78, 5) is 12.2. The Balaban J connectivity index is 2.07. The first-order valence-corrected chi connectivity index (χ1v) is 9.34. The van der Waals surface area contributed by atoms with Gasteiger partial charge in [-0.2, -0.15) is 4.72 Å². The molecule has 2 aromatic rings. The van der Waals surface area contributed by atoms with Crippen molar-refractivity contribution in [2.24, 2.45) is 0 Å². The minimum Gasteiger partial charge on any atom is -0.325 e. The summed E-state index contributed by atoms with van der Waals surface area (Å²) >= 11 is 17.4. The fraction of sp³-hybridized carbons (Fsp3) is 0.133. The van der Waals surface area contributed by atoms with Crippen molar-refractivity contribution < 1.29 is 13.2 Å². The highest BCUT2D eigenvalue weighted by molar-refractivity contribution is 7.89. The highest BCUT2D eigenvalue weighted by atomic mass is 35.5. The first-order chi connectivity index (χ1) is 11.2. The van der Waals surface area contributed by atoms with Crippen LogP contribution in [0.5, 0.6) is 0 Å². The Morgan fingerprint density at radius 1 is 1.00 bits per heavy atom. The molecule has 1 atom stereocenters. The maximum absolute atomic E-state index is 12.2. The smallest absolute Gasteiger partial charge is 0.242 e. The van der Waals surface area contributed by atoms with Gasteiger partial charge < -0.3 is 5.32 Å². The number of nitrogens with one attached hydrogen (secondary N) is 2. The minimum atomic E-state index is -3.85. The van der Waals surface area contributed by atoms with Crippen molar-refractivity contribution in [3.05, 3.63) is 57.5 Å². The van der Waals surface area contributed by atoms with Crippen LogP contribution < -0.4 is 10.0 Å². The van der Waals surface area contributed by atoms with Crippen molar-refractivity contribution >= 4 is 56.4 Å². The van der Waals surface area contributed by atoms with Gasteiger partial charge in [0.1, 0.15) is 0 Å². The van der Waals surface area contributed by atoms with Crippen molar-refractivity contribution in [2.75, 3.05) is 5.32 Å². The van der Waals surface area contributed by atoms with Gasteiger partial charge in [0, 0.05) is 10.7 Å². The molecule has 0 aliphatic carbocycles. The van der Waals surface area contributed by atoms with E-state index in [1.165, 1.54) is 43.3 Å². The number of hydrogen-bond donors (Lipinski definition) is 2. The van der Waals surface area contributed by atoms with E-state index in [0.29, 0.717) is 15.7 Å². The second-order valence-corrected chi connectivity index (χ2v) is 7.88. The number of carbonyl (C=O) groups excluding carboxylic acids is 1. The molecule has 0 saturated carbocycles. The number of rotatable bonds is 5. The molecule has 24 heavy (non-hydrogen) atoms. The van der Waals surface area contributed by atoms with E-state index < -0.39 is 22.0 Å². The number of amides is 1. The first kappa shape index (κ1) is 19.0. The van der Waals surface area contributed by atoms with Gasteiger partial charge >= 0.3 is 0 Å². The summed E-state index contributed by atoms with van der Waals surface area (Å²) in [6, 6.07) is 9.19. The number of anilines is 1. The molecule has 0 bridgehead atoms. The fourth-order valence-electron chi connectivity index (χ4n) is 1.79. The van der Waals surface area contributed by atoms with Crippen LogP contribution in [-0.4, -0.2) is 20.4 Å². The van der Waals surface area contributed by atoms with Crippen LogP contribution in [-0.2, 0) is 14.8 Å². The van der Waals surface area contributed by atoms with Crippen LogP contribution in [0.25, 0.3) is 0 Å². The van der Waals surface area contributed by atoms with E-state index in [9.17, 15) is 13.2 Å². The zero-order chi connectivity index (χ0) is 17.9. The Morgan fingerprint density at radius 2 is 1.62 bits per heavy atom. The molecule has 1 amide bonds. The summed E-state index contributed by atoms with van der Waals surface area (Å²) in [6.07, 6.45) is 0. The summed E-state index contributed by atoms with van der Waals surface area (Å²) in [5, 5.41) is 3.61. The van der Waals surface area contributed by atoms with Crippen molar-refractivity contribution in [3.8, 4) is 0 Å². The molecule has 0 fully saturated rings. The lowest BCUT2D eigenvalue weighted by atomic mass is 10.3. The zero-order valence-corrected chi connectivity index (χ0v) is 15.5. The van der Waals surface area contributed by atoms with Crippen LogP contribution in [0.15, 0.2) is 47.4 Å². The standard InChI is InChI=1S/C15H13Cl3N2O3S/c1-9(15(21)19-11-4-7-13(17)14(18)8-11)20-24(22,23)12-5-2-10(16)3-6-12/h2-9,20H,1H3,(H,19,21). The number of halogens is 3. The summed E-state index contributed by atoms with van der Waals surface area (Å²) in [7, 11) is -3.85. The molecule has 0 aromatic heterocycles. The topological polar surface area (TPSA) is 75.3 Å². The molecular weight excluding hydrogens is 395 g/mol. The van der Waals surface area contributed by atoms with E-state index in [0.717, 1.165) is 0 Å². The summed E-state index contributed by atoms with van der Waals surface area (Å²) < 4.78 is 26.8. The van der Waals surface area contributed by atoms with Crippen LogP contribution in [0.3, 0.4) is 0 Å². The van der Waals surface area contributed by atoms with Gasteiger partial charge in [-0.15, -0.1) is 0 Å². The molecule has 0 aliphatic heterocycles. The lowest BCUT2D eigenvalue weighted by Gasteiger charge is -2.15. The molecule has 9 heteroatoms. The molecule has 1 unspecified atom stereocenters. The molecule has 128 valence electrons. The first-order valence-electron chi connectivity index (χ1n) is 6.73. The van der Waals surface area contributed by atoms with Crippen LogP contribution in [0.1, 0.15) is 6.92 Å². The van der Waals surface area contributed by atoms with Crippen molar-refractivity contribution in [1.29, 1.82) is 0 Å². The highest BCUT2D eigenvalue weighted by Gasteiger charge is 2.22. The molecule has 0 spiro atoms. The normalized spacial score (nSPS) is 12.7.